The second kappa shape index (κ2) is 4.55. The Morgan fingerprint density at radius 1 is 1.57 bits per heavy atom. The molecule has 0 fully saturated rings. The van der Waals surface area contributed by atoms with Gasteiger partial charge in [0.15, 0.2) is 5.69 Å². The summed E-state index contributed by atoms with van der Waals surface area (Å²) in [5.41, 5.74) is 0.0203. The minimum atomic E-state index is -0.607. The third kappa shape index (κ3) is 2.18. The van der Waals surface area contributed by atoms with Crippen LogP contribution in [0.5, 0.6) is 0 Å². The molecule has 14 heavy (non-hydrogen) atoms. The fraction of sp³-hybridized carbons (Fsp3) is 0.444. The van der Waals surface area contributed by atoms with Gasteiger partial charge in [-0.25, -0.2) is 4.79 Å². The van der Waals surface area contributed by atoms with E-state index in [1.807, 2.05) is 6.92 Å². The van der Waals surface area contributed by atoms with Crippen LogP contribution in [0.1, 0.15) is 40.9 Å². The third-order valence-corrected chi connectivity index (χ3v) is 1.61. The number of aromatic nitrogens is 1. The van der Waals surface area contributed by atoms with Gasteiger partial charge >= 0.3 is 5.97 Å². The Balaban J connectivity index is 2.77. The summed E-state index contributed by atoms with van der Waals surface area (Å²) in [6.07, 6.45) is 2.20. The first-order chi connectivity index (χ1) is 6.69. The van der Waals surface area contributed by atoms with Crippen LogP contribution in [0.15, 0.2) is 10.7 Å². The van der Waals surface area contributed by atoms with E-state index in [4.69, 9.17) is 4.42 Å². The molecule has 0 spiro atoms. The maximum absolute atomic E-state index is 11.3. The summed E-state index contributed by atoms with van der Waals surface area (Å²) in [5, 5.41) is 0. The van der Waals surface area contributed by atoms with E-state index in [-0.39, 0.29) is 17.4 Å². The van der Waals surface area contributed by atoms with Crippen LogP contribution in [0.25, 0.3) is 0 Å². The molecule has 1 rings (SSSR count). The maximum Gasteiger partial charge on any atom is 0.360 e. The summed E-state index contributed by atoms with van der Waals surface area (Å²) in [4.78, 5) is 25.9. The molecule has 0 saturated carbocycles. The molecule has 0 saturated heterocycles. The van der Waals surface area contributed by atoms with E-state index in [0.717, 1.165) is 12.7 Å². The van der Waals surface area contributed by atoms with E-state index in [2.05, 4.69) is 9.72 Å². The molecular weight excluding hydrogens is 186 g/mol. The third-order valence-electron chi connectivity index (χ3n) is 1.61. The number of carbonyl (C=O) groups is 2. The first-order valence-corrected chi connectivity index (χ1v) is 4.26. The molecule has 5 heteroatoms. The summed E-state index contributed by atoms with van der Waals surface area (Å²) in [7, 11) is 1.24. The largest absolute Gasteiger partial charge is 0.464 e. The molecule has 0 amide bonds. The molecule has 0 aliphatic heterocycles. The van der Waals surface area contributed by atoms with Gasteiger partial charge in [0, 0.05) is 6.42 Å². The van der Waals surface area contributed by atoms with Gasteiger partial charge in [-0.15, -0.1) is 0 Å². The summed E-state index contributed by atoms with van der Waals surface area (Å²) in [5.74, 6) is -0.848. The highest BCUT2D eigenvalue weighted by molar-refractivity contribution is 5.93. The molecule has 5 nitrogen and oxygen atoms in total. The summed E-state index contributed by atoms with van der Waals surface area (Å²) < 4.78 is 9.26. The Bertz CT molecular complexity index is 342. The van der Waals surface area contributed by atoms with Crippen molar-refractivity contribution < 1.29 is 18.7 Å². The molecule has 0 radical (unpaired) electrons. The molecule has 1 heterocycles. The number of esters is 1. The predicted octanol–water partition coefficient (Wildman–Crippen LogP) is 1.44. The number of methoxy groups -OCH3 is 1. The van der Waals surface area contributed by atoms with Gasteiger partial charge in [0.2, 0.25) is 5.78 Å². The lowest BCUT2D eigenvalue weighted by Crippen LogP contribution is -2.03. The number of nitrogens with zero attached hydrogens (tertiary/aromatic N) is 1. The number of rotatable bonds is 4. The van der Waals surface area contributed by atoms with E-state index < -0.39 is 5.97 Å². The molecule has 0 aliphatic carbocycles. The van der Waals surface area contributed by atoms with Gasteiger partial charge in [-0.3, -0.25) is 4.79 Å². The smallest absolute Gasteiger partial charge is 0.360 e. The van der Waals surface area contributed by atoms with Crippen molar-refractivity contribution in [2.24, 2.45) is 0 Å². The number of hydrogen-bond acceptors (Lipinski definition) is 5. The fourth-order valence-electron chi connectivity index (χ4n) is 0.934. The lowest BCUT2D eigenvalue weighted by atomic mass is 10.2. The minimum Gasteiger partial charge on any atom is -0.464 e. The molecule has 0 atom stereocenters. The van der Waals surface area contributed by atoms with Crippen molar-refractivity contribution in [2.45, 2.75) is 19.8 Å². The van der Waals surface area contributed by atoms with E-state index >= 15 is 0 Å². The lowest BCUT2D eigenvalue weighted by molar-refractivity contribution is 0.0594. The van der Waals surface area contributed by atoms with E-state index in [1.165, 1.54) is 7.11 Å². The number of oxazole rings is 1. The van der Waals surface area contributed by atoms with Crippen LogP contribution < -0.4 is 0 Å². The number of carbonyl (C=O) groups excluding carboxylic acids is 2. The SMILES string of the molecule is CCCC(=O)c1nc(C(=O)OC)co1. The Kier molecular flexibility index (Phi) is 3.39. The molecule has 1 aromatic rings. The van der Waals surface area contributed by atoms with E-state index in [0.29, 0.717) is 6.42 Å². The van der Waals surface area contributed by atoms with Crippen molar-refractivity contribution in [3.63, 3.8) is 0 Å². The van der Waals surface area contributed by atoms with Crippen LogP contribution in [-0.4, -0.2) is 23.8 Å². The van der Waals surface area contributed by atoms with Gasteiger partial charge in [-0.2, -0.15) is 4.98 Å². The van der Waals surface area contributed by atoms with Crippen molar-refractivity contribution in [1.82, 2.24) is 4.98 Å². The monoisotopic (exact) mass is 197 g/mol. The van der Waals surface area contributed by atoms with Crippen LogP contribution in [0.4, 0.5) is 0 Å². The molecule has 0 aliphatic rings. The highest BCUT2D eigenvalue weighted by Gasteiger charge is 2.16. The van der Waals surface area contributed by atoms with Crippen LogP contribution in [-0.2, 0) is 4.74 Å². The lowest BCUT2D eigenvalue weighted by Gasteiger charge is -1.91. The maximum atomic E-state index is 11.3. The Labute approximate surface area is 81.1 Å². The first-order valence-electron chi connectivity index (χ1n) is 4.26. The molecule has 0 unspecified atom stereocenters. The number of ketones is 1. The molecule has 0 aromatic carbocycles. The van der Waals surface area contributed by atoms with Crippen molar-refractivity contribution in [1.29, 1.82) is 0 Å². The summed E-state index contributed by atoms with van der Waals surface area (Å²) in [6, 6.07) is 0. The zero-order chi connectivity index (χ0) is 10.6. The molecule has 0 bridgehead atoms. The van der Waals surface area contributed by atoms with Crippen molar-refractivity contribution in [2.75, 3.05) is 7.11 Å². The fourth-order valence-corrected chi connectivity index (χ4v) is 0.934. The van der Waals surface area contributed by atoms with E-state index in [9.17, 15) is 9.59 Å². The Hall–Kier alpha value is -1.65. The highest BCUT2D eigenvalue weighted by atomic mass is 16.5. The second-order valence-electron chi connectivity index (χ2n) is 2.70. The zero-order valence-corrected chi connectivity index (χ0v) is 8.07. The zero-order valence-electron chi connectivity index (χ0n) is 8.07. The average molecular weight is 197 g/mol. The quantitative estimate of drug-likeness (QED) is 0.539. The van der Waals surface area contributed by atoms with Gasteiger partial charge in [-0.1, -0.05) is 6.92 Å². The van der Waals surface area contributed by atoms with Gasteiger partial charge in [0.1, 0.15) is 6.26 Å². The Morgan fingerprint density at radius 2 is 2.29 bits per heavy atom. The van der Waals surface area contributed by atoms with Crippen molar-refractivity contribution in [3.05, 3.63) is 17.8 Å². The second-order valence-corrected chi connectivity index (χ2v) is 2.70. The van der Waals surface area contributed by atoms with Crippen LogP contribution in [0.3, 0.4) is 0 Å². The summed E-state index contributed by atoms with van der Waals surface area (Å²) in [6.45, 7) is 1.88. The number of ether oxygens (including phenoxy) is 1. The standard InChI is InChI=1S/C9H11NO4/c1-3-4-7(11)8-10-6(5-14-8)9(12)13-2/h5H,3-4H2,1-2H3. The Morgan fingerprint density at radius 3 is 2.86 bits per heavy atom. The van der Waals surface area contributed by atoms with Crippen LogP contribution in [0.2, 0.25) is 0 Å². The normalized spacial score (nSPS) is 9.86. The van der Waals surface area contributed by atoms with Crippen molar-refractivity contribution in [3.8, 4) is 0 Å². The topological polar surface area (TPSA) is 69.4 Å². The average Bonchev–Trinajstić information content (AvgIpc) is 2.66. The van der Waals surface area contributed by atoms with Gasteiger partial charge in [0.25, 0.3) is 5.89 Å². The van der Waals surface area contributed by atoms with Gasteiger partial charge in [0.05, 0.1) is 7.11 Å². The minimum absolute atomic E-state index is 0.0203. The highest BCUT2D eigenvalue weighted by Crippen LogP contribution is 2.06. The number of hydrogen-bond donors (Lipinski definition) is 0. The first kappa shape index (κ1) is 10.4. The van der Waals surface area contributed by atoms with Crippen molar-refractivity contribution >= 4 is 11.8 Å². The van der Waals surface area contributed by atoms with Crippen LogP contribution >= 0.6 is 0 Å². The molecule has 1 aromatic heterocycles. The molecule has 76 valence electrons. The summed E-state index contributed by atoms with van der Waals surface area (Å²) >= 11 is 0. The van der Waals surface area contributed by atoms with E-state index in [1.54, 1.807) is 0 Å². The molecular formula is C9H11NO4. The number of Topliss-reactive ketones (excluding diaryl/α,β-unsaturated/α-hetero) is 1. The molecule has 0 N–H and O–H groups in total. The van der Waals surface area contributed by atoms with Gasteiger partial charge in [-0.05, 0) is 6.42 Å². The van der Waals surface area contributed by atoms with Crippen LogP contribution in [0, 0.1) is 0 Å². The van der Waals surface area contributed by atoms with Gasteiger partial charge < -0.3 is 9.15 Å². The predicted molar refractivity (Wildman–Crippen MR) is 47.1 cm³/mol.